The van der Waals surface area contributed by atoms with Crippen LogP contribution in [-0.2, 0) is 6.54 Å². The molecule has 1 atom stereocenters. The predicted molar refractivity (Wildman–Crippen MR) is 130 cm³/mol. The van der Waals surface area contributed by atoms with Crippen molar-refractivity contribution in [1.29, 1.82) is 0 Å². The Balaban J connectivity index is 1.57. The molecule has 0 aliphatic carbocycles. The molecule has 0 aliphatic heterocycles. The highest BCUT2D eigenvalue weighted by Gasteiger charge is 2.18. The van der Waals surface area contributed by atoms with Gasteiger partial charge in [-0.2, -0.15) is 0 Å². The van der Waals surface area contributed by atoms with Gasteiger partial charge in [0.15, 0.2) is 0 Å². The number of aryl methyl sites for hydroxylation is 1. The molecule has 1 heterocycles. The molecule has 0 saturated carbocycles. The molecule has 0 unspecified atom stereocenters. The summed E-state index contributed by atoms with van der Waals surface area (Å²) in [5.74, 6) is 1.20. The molecular formula is C28H30N2O2. The molecule has 0 saturated heterocycles. The third kappa shape index (κ3) is 4.92. The lowest BCUT2D eigenvalue weighted by Gasteiger charge is -2.19. The first kappa shape index (κ1) is 21.8. The van der Waals surface area contributed by atoms with E-state index in [1.807, 2.05) is 47.0 Å². The fourth-order valence-corrected chi connectivity index (χ4v) is 3.94. The zero-order valence-electron chi connectivity index (χ0n) is 18.9. The monoisotopic (exact) mass is 426 g/mol. The molecule has 4 aromatic rings. The highest BCUT2D eigenvalue weighted by molar-refractivity contribution is 5.78. The minimum Gasteiger partial charge on any atom is -0.491 e. The SMILES string of the molecule is Cc1ccc(C(C)C)c(OC[C@H](O)Cn2cnc(-c3ccccc3)c2-c2ccccc2)c1. The smallest absolute Gasteiger partial charge is 0.123 e. The van der Waals surface area contributed by atoms with Gasteiger partial charge in [-0.15, -0.1) is 0 Å². The van der Waals surface area contributed by atoms with Crippen LogP contribution in [0.25, 0.3) is 22.5 Å². The zero-order valence-corrected chi connectivity index (χ0v) is 18.9. The van der Waals surface area contributed by atoms with E-state index < -0.39 is 6.10 Å². The van der Waals surface area contributed by atoms with E-state index in [4.69, 9.17) is 9.72 Å². The zero-order chi connectivity index (χ0) is 22.5. The molecule has 4 nitrogen and oxygen atoms in total. The summed E-state index contributed by atoms with van der Waals surface area (Å²) < 4.78 is 8.09. The van der Waals surface area contributed by atoms with E-state index in [-0.39, 0.29) is 6.61 Å². The second kappa shape index (κ2) is 9.84. The first-order chi connectivity index (χ1) is 15.5. The van der Waals surface area contributed by atoms with Crippen molar-refractivity contribution in [2.45, 2.75) is 39.3 Å². The molecule has 4 rings (SSSR count). The summed E-state index contributed by atoms with van der Waals surface area (Å²) in [5.41, 5.74) is 6.32. The van der Waals surface area contributed by atoms with Crippen LogP contribution in [0.3, 0.4) is 0 Å². The molecule has 0 spiro atoms. The van der Waals surface area contributed by atoms with Crippen LogP contribution in [0.1, 0.15) is 30.9 Å². The van der Waals surface area contributed by atoms with Gasteiger partial charge >= 0.3 is 0 Å². The molecule has 0 bridgehead atoms. The van der Waals surface area contributed by atoms with Gasteiger partial charge in [0.2, 0.25) is 0 Å². The molecule has 0 fully saturated rings. The number of imidazole rings is 1. The van der Waals surface area contributed by atoms with E-state index in [1.54, 1.807) is 6.33 Å². The summed E-state index contributed by atoms with van der Waals surface area (Å²) in [6.07, 6.45) is 1.14. The summed E-state index contributed by atoms with van der Waals surface area (Å²) in [4.78, 5) is 4.69. The lowest BCUT2D eigenvalue weighted by Crippen LogP contribution is -2.24. The van der Waals surface area contributed by atoms with Gasteiger partial charge in [0.05, 0.1) is 24.3 Å². The van der Waals surface area contributed by atoms with Gasteiger partial charge < -0.3 is 14.4 Å². The largest absolute Gasteiger partial charge is 0.491 e. The van der Waals surface area contributed by atoms with Crippen molar-refractivity contribution in [3.8, 4) is 28.3 Å². The molecule has 1 N–H and O–H groups in total. The van der Waals surface area contributed by atoms with E-state index in [0.717, 1.165) is 39.4 Å². The number of aliphatic hydroxyl groups excluding tert-OH is 1. The van der Waals surface area contributed by atoms with Crippen molar-refractivity contribution in [1.82, 2.24) is 9.55 Å². The summed E-state index contributed by atoms with van der Waals surface area (Å²) >= 11 is 0. The molecule has 0 amide bonds. The number of aliphatic hydroxyl groups is 1. The minimum absolute atomic E-state index is 0.219. The van der Waals surface area contributed by atoms with Crippen LogP contribution in [0.15, 0.2) is 85.2 Å². The Morgan fingerprint density at radius 2 is 1.56 bits per heavy atom. The Hall–Kier alpha value is -3.37. The summed E-state index contributed by atoms with van der Waals surface area (Å²) in [6, 6.07) is 26.6. The van der Waals surface area contributed by atoms with Crippen LogP contribution in [0, 0.1) is 6.92 Å². The third-order valence-corrected chi connectivity index (χ3v) is 5.56. The first-order valence-electron chi connectivity index (χ1n) is 11.1. The van der Waals surface area contributed by atoms with Crippen LogP contribution < -0.4 is 4.74 Å². The topological polar surface area (TPSA) is 47.3 Å². The Kier molecular flexibility index (Phi) is 6.72. The molecule has 0 radical (unpaired) electrons. The van der Waals surface area contributed by atoms with E-state index in [2.05, 4.69) is 57.2 Å². The van der Waals surface area contributed by atoms with E-state index in [1.165, 1.54) is 0 Å². The number of hydrogen-bond acceptors (Lipinski definition) is 3. The Morgan fingerprint density at radius 3 is 2.22 bits per heavy atom. The number of hydrogen-bond donors (Lipinski definition) is 1. The van der Waals surface area contributed by atoms with Crippen molar-refractivity contribution in [3.63, 3.8) is 0 Å². The molecular weight excluding hydrogens is 396 g/mol. The quantitative estimate of drug-likeness (QED) is 0.371. The van der Waals surface area contributed by atoms with Crippen LogP contribution in [0.2, 0.25) is 0 Å². The second-order valence-corrected chi connectivity index (χ2v) is 8.49. The standard InChI is InChI=1S/C28H30N2O2/c1-20(2)25-15-14-21(3)16-26(25)32-18-24(31)17-30-19-29-27(22-10-6-4-7-11-22)28(30)23-12-8-5-9-13-23/h4-16,19-20,24,31H,17-18H2,1-3H3/t24-/m1/s1. The third-order valence-electron chi connectivity index (χ3n) is 5.56. The molecule has 3 aromatic carbocycles. The maximum absolute atomic E-state index is 10.8. The average Bonchev–Trinajstić information content (AvgIpc) is 3.22. The normalized spacial score (nSPS) is 12.2. The van der Waals surface area contributed by atoms with E-state index >= 15 is 0 Å². The number of nitrogens with zero attached hydrogens (tertiary/aromatic N) is 2. The highest BCUT2D eigenvalue weighted by Crippen LogP contribution is 2.31. The maximum atomic E-state index is 10.8. The van der Waals surface area contributed by atoms with Crippen LogP contribution >= 0.6 is 0 Å². The van der Waals surface area contributed by atoms with E-state index in [0.29, 0.717) is 12.5 Å². The Morgan fingerprint density at radius 1 is 0.906 bits per heavy atom. The minimum atomic E-state index is -0.671. The van der Waals surface area contributed by atoms with Crippen molar-refractivity contribution in [2.24, 2.45) is 0 Å². The fraction of sp³-hybridized carbons (Fsp3) is 0.250. The lowest BCUT2D eigenvalue weighted by molar-refractivity contribution is 0.0922. The molecule has 0 aliphatic rings. The molecule has 4 heteroatoms. The predicted octanol–water partition coefficient (Wildman–Crippen LogP) is 6.09. The Labute approximate surface area is 190 Å². The van der Waals surface area contributed by atoms with Crippen LogP contribution in [0.5, 0.6) is 5.75 Å². The maximum Gasteiger partial charge on any atom is 0.123 e. The number of rotatable bonds is 8. The summed E-state index contributed by atoms with van der Waals surface area (Å²) in [5, 5.41) is 10.8. The van der Waals surface area contributed by atoms with Gasteiger partial charge in [0, 0.05) is 11.1 Å². The van der Waals surface area contributed by atoms with E-state index in [9.17, 15) is 5.11 Å². The van der Waals surface area contributed by atoms with Gasteiger partial charge in [-0.25, -0.2) is 4.98 Å². The van der Waals surface area contributed by atoms with Crippen molar-refractivity contribution in [2.75, 3.05) is 6.61 Å². The van der Waals surface area contributed by atoms with Gasteiger partial charge in [-0.3, -0.25) is 0 Å². The average molecular weight is 427 g/mol. The summed E-state index contributed by atoms with van der Waals surface area (Å²) in [6.45, 7) is 6.96. The highest BCUT2D eigenvalue weighted by atomic mass is 16.5. The Bertz CT molecular complexity index is 1150. The van der Waals surface area contributed by atoms with Crippen molar-refractivity contribution >= 4 is 0 Å². The fourth-order valence-electron chi connectivity index (χ4n) is 3.94. The number of ether oxygens (including phenoxy) is 1. The second-order valence-electron chi connectivity index (χ2n) is 8.49. The van der Waals surface area contributed by atoms with Crippen LogP contribution in [-0.4, -0.2) is 27.4 Å². The number of benzene rings is 3. The van der Waals surface area contributed by atoms with Crippen molar-refractivity contribution in [3.05, 3.63) is 96.3 Å². The number of aromatic nitrogens is 2. The molecule has 32 heavy (non-hydrogen) atoms. The van der Waals surface area contributed by atoms with Crippen LogP contribution in [0.4, 0.5) is 0 Å². The summed E-state index contributed by atoms with van der Waals surface area (Å²) in [7, 11) is 0. The first-order valence-corrected chi connectivity index (χ1v) is 11.1. The lowest BCUT2D eigenvalue weighted by atomic mass is 10.0. The van der Waals surface area contributed by atoms with Gasteiger partial charge in [-0.05, 0) is 30.0 Å². The van der Waals surface area contributed by atoms with Gasteiger partial charge in [0.25, 0.3) is 0 Å². The van der Waals surface area contributed by atoms with Gasteiger partial charge in [0.1, 0.15) is 18.5 Å². The molecule has 164 valence electrons. The molecule has 1 aromatic heterocycles. The van der Waals surface area contributed by atoms with Gasteiger partial charge in [-0.1, -0.05) is 86.6 Å². The van der Waals surface area contributed by atoms with Crippen molar-refractivity contribution < 1.29 is 9.84 Å².